The summed E-state index contributed by atoms with van der Waals surface area (Å²) in [7, 11) is 0. The molecule has 8 heteroatoms. The van der Waals surface area contributed by atoms with Crippen molar-refractivity contribution in [1.29, 1.82) is 0 Å². The van der Waals surface area contributed by atoms with Crippen LogP contribution in [0.3, 0.4) is 0 Å². The van der Waals surface area contributed by atoms with E-state index < -0.39 is 6.61 Å². The lowest BCUT2D eigenvalue weighted by Crippen LogP contribution is -3.28. The van der Waals surface area contributed by atoms with Gasteiger partial charge in [0.1, 0.15) is 38.5 Å². The van der Waals surface area contributed by atoms with Gasteiger partial charge in [-0.15, -0.1) is 0 Å². The number of halogens is 3. The molecule has 150 valence electrons. The summed E-state index contributed by atoms with van der Waals surface area (Å²) >= 11 is 6.04. The minimum Gasteiger partial charge on any atom is -0.435 e. The number of carbonyl (C=O) groups is 1. The first-order valence-corrected chi connectivity index (χ1v) is 9.62. The van der Waals surface area contributed by atoms with Gasteiger partial charge in [0.2, 0.25) is 0 Å². The molecular weight excluding hydrogens is 388 g/mol. The van der Waals surface area contributed by atoms with Gasteiger partial charge in [-0.25, -0.2) is 0 Å². The number of ether oxygens (including phenoxy) is 1. The number of hydrogen-bond donors (Lipinski definition) is 3. The number of piperazine rings is 1. The second kappa shape index (κ2) is 9.82. The molecule has 0 spiro atoms. The first kappa shape index (κ1) is 20.5. The summed E-state index contributed by atoms with van der Waals surface area (Å²) in [5.41, 5.74) is 1.79. The molecule has 1 aliphatic rings. The summed E-state index contributed by atoms with van der Waals surface area (Å²) in [5.74, 6) is -0.0201. The second-order valence-corrected chi connectivity index (χ2v) is 7.37. The van der Waals surface area contributed by atoms with Crippen LogP contribution in [0.5, 0.6) is 5.75 Å². The number of carbonyl (C=O) groups excluding carboxylic acids is 1. The van der Waals surface area contributed by atoms with E-state index in [1.54, 1.807) is 12.1 Å². The van der Waals surface area contributed by atoms with Gasteiger partial charge in [0.05, 0.1) is 0 Å². The lowest BCUT2D eigenvalue weighted by molar-refractivity contribution is -1.02. The average molecular weight is 412 g/mol. The van der Waals surface area contributed by atoms with Gasteiger partial charge in [0.15, 0.2) is 6.54 Å². The van der Waals surface area contributed by atoms with Gasteiger partial charge >= 0.3 is 6.61 Å². The molecule has 5 nitrogen and oxygen atoms in total. The Balaban J connectivity index is 1.41. The fraction of sp³-hybridized carbons (Fsp3) is 0.350. The highest BCUT2D eigenvalue weighted by atomic mass is 35.5. The van der Waals surface area contributed by atoms with Crippen molar-refractivity contribution >= 4 is 23.2 Å². The molecular formula is C20H24ClF2N3O2+2. The Kier molecular flexibility index (Phi) is 7.19. The molecule has 0 aromatic heterocycles. The summed E-state index contributed by atoms with van der Waals surface area (Å²) in [5, 5.41) is 3.56. The number of nitrogens with one attached hydrogen (secondary N) is 3. The Morgan fingerprint density at radius 3 is 2.39 bits per heavy atom. The molecule has 1 heterocycles. The largest absolute Gasteiger partial charge is 0.435 e. The molecule has 1 saturated heterocycles. The van der Waals surface area contributed by atoms with Crippen LogP contribution in [-0.2, 0) is 11.3 Å². The number of benzene rings is 2. The Bertz CT molecular complexity index is 781. The first-order chi connectivity index (χ1) is 13.5. The van der Waals surface area contributed by atoms with E-state index in [-0.39, 0.29) is 11.7 Å². The molecule has 0 bridgehead atoms. The highest BCUT2D eigenvalue weighted by Crippen LogP contribution is 2.17. The van der Waals surface area contributed by atoms with E-state index in [0.717, 1.165) is 37.7 Å². The van der Waals surface area contributed by atoms with Crippen LogP contribution in [0.25, 0.3) is 0 Å². The van der Waals surface area contributed by atoms with Crippen molar-refractivity contribution in [3.8, 4) is 5.75 Å². The van der Waals surface area contributed by atoms with Crippen LogP contribution < -0.4 is 19.9 Å². The molecule has 0 saturated carbocycles. The molecule has 3 rings (SSSR count). The van der Waals surface area contributed by atoms with Crippen molar-refractivity contribution in [2.45, 2.75) is 13.2 Å². The summed E-state index contributed by atoms with van der Waals surface area (Å²) in [6.45, 7) is 2.30. The van der Waals surface area contributed by atoms with Crippen LogP contribution in [-0.4, -0.2) is 45.2 Å². The predicted molar refractivity (Wildman–Crippen MR) is 103 cm³/mol. The van der Waals surface area contributed by atoms with Crippen molar-refractivity contribution < 1.29 is 28.1 Å². The van der Waals surface area contributed by atoms with Crippen LogP contribution >= 0.6 is 11.6 Å². The van der Waals surface area contributed by atoms with Gasteiger partial charge in [-0.3, -0.25) is 4.79 Å². The minimum absolute atomic E-state index is 0.0671. The summed E-state index contributed by atoms with van der Waals surface area (Å²) in [6, 6.07) is 13.9. The second-order valence-electron chi connectivity index (χ2n) is 6.93. The van der Waals surface area contributed by atoms with E-state index >= 15 is 0 Å². The third-order valence-electron chi connectivity index (χ3n) is 4.78. The van der Waals surface area contributed by atoms with Crippen molar-refractivity contribution in [3.05, 3.63) is 59.1 Å². The standard InChI is InChI=1S/C20H22ClF2N3O2/c21-16-3-1-2-15(12-16)13-25-8-10-26(11-9-25)14-19(27)24-17-4-6-18(7-5-17)28-20(22)23/h1-7,12,20H,8-11,13-14H2,(H,24,27)/p+2. The zero-order chi connectivity index (χ0) is 19.9. The van der Waals surface area contributed by atoms with Gasteiger partial charge in [0, 0.05) is 16.3 Å². The lowest BCUT2D eigenvalue weighted by atomic mass is 10.2. The van der Waals surface area contributed by atoms with Gasteiger partial charge in [0.25, 0.3) is 5.91 Å². The molecule has 3 N–H and O–H groups in total. The SMILES string of the molecule is O=C(C[NH+]1CC[NH+](Cc2cccc(Cl)c2)CC1)Nc1ccc(OC(F)F)cc1. The third kappa shape index (κ3) is 6.44. The molecule has 0 radical (unpaired) electrons. The summed E-state index contributed by atoms with van der Waals surface area (Å²) in [6.07, 6.45) is 0. The summed E-state index contributed by atoms with van der Waals surface area (Å²) < 4.78 is 28.6. The number of alkyl halides is 2. The number of rotatable bonds is 7. The van der Waals surface area contributed by atoms with Crippen LogP contribution in [0, 0.1) is 0 Å². The van der Waals surface area contributed by atoms with Crippen molar-refractivity contribution in [2.24, 2.45) is 0 Å². The number of hydrogen-bond acceptors (Lipinski definition) is 2. The fourth-order valence-electron chi connectivity index (χ4n) is 3.40. The molecule has 0 aliphatic carbocycles. The Labute approximate surface area is 167 Å². The maximum Gasteiger partial charge on any atom is 0.387 e. The van der Waals surface area contributed by atoms with Crippen LogP contribution in [0.4, 0.5) is 14.5 Å². The Morgan fingerprint density at radius 1 is 1.07 bits per heavy atom. The topological polar surface area (TPSA) is 47.2 Å². The number of quaternary nitrogens is 2. The molecule has 1 fully saturated rings. The Hall–Kier alpha value is -2.22. The number of anilines is 1. The molecule has 0 atom stereocenters. The highest BCUT2D eigenvalue weighted by Gasteiger charge is 2.25. The third-order valence-corrected chi connectivity index (χ3v) is 5.02. The van der Waals surface area contributed by atoms with E-state index in [9.17, 15) is 13.6 Å². The average Bonchev–Trinajstić information content (AvgIpc) is 2.64. The maximum absolute atomic E-state index is 12.2. The first-order valence-electron chi connectivity index (χ1n) is 9.24. The van der Waals surface area contributed by atoms with E-state index in [2.05, 4.69) is 16.1 Å². The monoisotopic (exact) mass is 411 g/mol. The molecule has 2 aromatic rings. The summed E-state index contributed by atoms with van der Waals surface area (Å²) in [4.78, 5) is 15.0. The molecule has 0 unspecified atom stereocenters. The van der Waals surface area contributed by atoms with Crippen LogP contribution in [0.15, 0.2) is 48.5 Å². The van der Waals surface area contributed by atoms with Crippen LogP contribution in [0.2, 0.25) is 5.02 Å². The number of amides is 1. The van der Waals surface area contributed by atoms with Gasteiger partial charge in [-0.05, 0) is 36.4 Å². The lowest BCUT2D eigenvalue weighted by Gasteiger charge is -2.29. The van der Waals surface area contributed by atoms with Gasteiger partial charge < -0.3 is 19.9 Å². The molecule has 1 aliphatic heterocycles. The van der Waals surface area contributed by atoms with Gasteiger partial charge in [-0.2, -0.15) is 8.78 Å². The van der Waals surface area contributed by atoms with Gasteiger partial charge in [-0.1, -0.05) is 23.7 Å². The molecule has 1 amide bonds. The zero-order valence-corrected chi connectivity index (χ0v) is 16.1. The highest BCUT2D eigenvalue weighted by molar-refractivity contribution is 6.30. The maximum atomic E-state index is 12.2. The van der Waals surface area contributed by atoms with E-state index in [1.807, 2.05) is 18.2 Å². The van der Waals surface area contributed by atoms with E-state index in [0.29, 0.717) is 12.2 Å². The normalized spacial score (nSPS) is 19.4. The van der Waals surface area contributed by atoms with Crippen molar-refractivity contribution in [1.82, 2.24) is 0 Å². The fourth-order valence-corrected chi connectivity index (χ4v) is 3.61. The smallest absolute Gasteiger partial charge is 0.387 e. The predicted octanol–water partition coefficient (Wildman–Crippen LogP) is 0.864. The molecule has 2 aromatic carbocycles. The van der Waals surface area contributed by atoms with E-state index in [1.165, 1.54) is 27.5 Å². The van der Waals surface area contributed by atoms with E-state index in [4.69, 9.17) is 11.6 Å². The zero-order valence-electron chi connectivity index (χ0n) is 15.4. The van der Waals surface area contributed by atoms with Crippen molar-refractivity contribution in [3.63, 3.8) is 0 Å². The van der Waals surface area contributed by atoms with Crippen LogP contribution in [0.1, 0.15) is 5.56 Å². The van der Waals surface area contributed by atoms with Crippen molar-refractivity contribution in [2.75, 3.05) is 38.0 Å². The minimum atomic E-state index is -2.86. The molecule has 28 heavy (non-hydrogen) atoms. The Morgan fingerprint density at radius 2 is 1.75 bits per heavy atom. The quantitative estimate of drug-likeness (QED) is 0.633.